The fraction of sp³-hybridized carbons (Fsp3) is 0.556. The summed E-state index contributed by atoms with van der Waals surface area (Å²) in [5, 5.41) is 0. The highest BCUT2D eigenvalue weighted by Gasteiger charge is 2.51. The molecule has 1 aliphatic carbocycles. The zero-order valence-electron chi connectivity index (χ0n) is 13.6. The van der Waals surface area contributed by atoms with Gasteiger partial charge >= 0.3 is 7.12 Å². The van der Waals surface area contributed by atoms with Crippen molar-refractivity contribution >= 4 is 18.2 Å². The maximum absolute atomic E-state index is 6.15. The Hall–Kier alpha value is -1.06. The van der Waals surface area contributed by atoms with E-state index < -0.39 is 0 Å². The zero-order valence-corrected chi connectivity index (χ0v) is 13.6. The number of allylic oxidation sites excluding steroid dienone is 2. The summed E-state index contributed by atoms with van der Waals surface area (Å²) in [6, 6.07) is 8.66. The van der Waals surface area contributed by atoms with Gasteiger partial charge in [0.15, 0.2) is 0 Å². The van der Waals surface area contributed by atoms with Crippen LogP contribution in [0.15, 0.2) is 30.3 Å². The maximum Gasteiger partial charge on any atom is 0.494 e. The van der Waals surface area contributed by atoms with Gasteiger partial charge < -0.3 is 9.31 Å². The van der Waals surface area contributed by atoms with Gasteiger partial charge in [0.05, 0.1) is 11.2 Å². The zero-order chi connectivity index (χ0) is 15.1. The molecule has 2 aliphatic rings. The van der Waals surface area contributed by atoms with Crippen LogP contribution in [0.5, 0.6) is 0 Å². The Kier molecular flexibility index (Phi) is 3.75. The van der Waals surface area contributed by atoms with E-state index in [9.17, 15) is 0 Å². The lowest BCUT2D eigenvalue weighted by Crippen LogP contribution is -2.41. The van der Waals surface area contributed by atoms with Crippen molar-refractivity contribution in [1.82, 2.24) is 0 Å². The van der Waals surface area contributed by atoms with Crippen molar-refractivity contribution in [3.8, 4) is 0 Å². The standard InChI is InChI=1S/C18H25BO2/c1-17(2)18(3,4)21-19(20-17)16-12-8-11-15(13-16)14-9-6-5-7-10-14/h8-9,11-13H,5-7,10H2,1-4H3. The van der Waals surface area contributed by atoms with Gasteiger partial charge in [0, 0.05) is 0 Å². The van der Waals surface area contributed by atoms with Crippen molar-refractivity contribution < 1.29 is 9.31 Å². The van der Waals surface area contributed by atoms with E-state index in [0.29, 0.717) is 0 Å². The normalized spacial score (nSPS) is 24.0. The summed E-state index contributed by atoms with van der Waals surface area (Å²) in [4.78, 5) is 0. The Morgan fingerprint density at radius 2 is 1.71 bits per heavy atom. The first-order chi connectivity index (χ1) is 9.89. The lowest BCUT2D eigenvalue weighted by molar-refractivity contribution is 0.00578. The first kappa shape index (κ1) is 14.9. The van der Waals surface area contributed by atoms with Crippen LogP contribution in [0.4, 0.5) is 0 Å². The van der Waals surface area contributed by atoms with E-state index in [1.807, 2.05) is 0 Å². The second kappa shape index (κ2) is 5.29. The Morgan fingerprint density at radius 1 is 1.00 bits per heavy atom. The highest BCUT2D eigenvalue weighted by atomic mass is 16.7. The largest absolute Gasteiger partial charge is 0.494 e. The van der Waals surface area contributed by atoms with Crippen LogP contribution < -0.4 is 5.46 Å². The quantitative estimate of drug-likeness (QED) is 0.766. The number of rotatable bonds is 2. The molecule has 0 bridgehead atoms. The molecule has 21 heavy (non-hydrogen) atoms. The molecule has 0 amide bonds. The van der Waals surface area contributed by atoms with Crippen LogP contribution in [0.1, 0.15) is 58.9 Å². The van der Waals surface area contributed by atoms with E-state index >= 15 is 0 Å². The SMILES string of the molecule is CC1(C)OB(c2cccc(C3=CCCCC3)c2)OC1(C)C. The van der Waals surface area contributed by atoms with Crippen LogP contribution in [0, 0.1) is 0 Å². The third-order valence-corrected chi connectivity index (χ3v) is 5.07. The molecule has 0 aromatic heterocycles. The molecule has 0 saturated carbocycles. The van der Waals surface area contributed by atoms with Gasteiger partial charge in [-0.1, -0.05) is 30.3 Å². The Morgan fingerprint density at radius 3 is 2.33 bits per heavy atom. The summed E-state index contributed by atoms with van der Waals surface area (Å²) in [6.45, 7) is 8.39. The lowest BCUT2D eigenvalue weighted by atomic mass is 9.77. The summed E-state index contributed by atoms with van der Waals surface area (Å²) in [5.74, 6) is 0. The predicted molar refractivity (Wildman–Crippen MR) is 88.6 cm³/mol. The first-order valence-electron chi connectivity index (χ1n) is 8.04. The van der Waals surface area contributed by atoms with Crippen LogP contribution in [-0.2, 0) is 9.31 Å². The fourth-order valence-corrected chi connectivity index (χ4v) is 2.96. The van der Waals surface area contributed by atoms with Crippen LogP contribution in [0.2, 0.25) is 0 Å². The number of hydrogen-bond donors (Lipinski definition) is 0. The van der Waals surface area contributed by atoms with Crippen molar-refractivity contribution in [3.63, 3.8) is 0 Å². The summed E-state index contributed by atoms with van der Waals surface area (Å²) < 4.78 is 12.3. The summed E-state index contributed by atoms with van der Waals surface area (Å²) in [6.07, 6.45) is 7.39. The molecule has 1 heterocycles. The Balaban J connectivity index is 1.86. The Labute approximate surface area is 128 Å². The molecular formula is C18H25BO2. The van der Waals surface area contributed by atoms with Gasteiger partial charge in [0.25, 0.3) is 0 Å². The van der Waals surface area contributed by atoms with Crippen LogP contribution in [0.3, 0.4) is 0 Å². The highest BCUT2D eigenvalue weighted by molar-refractivity contribution is 6.62. The monoisotopic (exact) mass is 284 g/mol. The summed E-state index contributed by atoms with van der Waals surface area (Å²) in [5.41, 5.74) is 3.36. The molecule has 0 spiro atoms. The van der Waals surface area contributed by atoms with Crippen LogP contribution in [0.25, 0.3) is 5.57 Å². The number of hydrogen-bond acceptors (Lipinski definition) is 2. The van der Waals surface area contributed by atoms with Gasteiger partial charge in [-0.2, -0.15) is 0 Å². The molecule has 1 saturated heterocycles. The molecule has 1 fully saturated rings. The summed E-state index contributed by atoms with van der Waals surface area (Å²) in [7, 11) is -0.265. The van der Waals surface area contributed by atoms with E-state index in [4.69, 9.17) is 9.31 Å². The molecule has 3 heteroatoms. The molecule has 0 atom stereocenters. The van der Waals surface area contributed by atoms with E-state index in [1.165, 1.54) is 36.8 Å². The first-order valence-corrected chi connectivity index (χ1v) is 8.04. The van der Waals surface area contributed by atoms with Crippen molar-refractivity contribution in [3.05, 3.63) is 35.9 Å². The van der Waals surface area contributed by atoms with Crippen molar-refractivity contribution in [1.29, 1.82) is 0 Å². The highest BCUT2D eigenvalue weighted by Crippen LogP contribution is 2.36. The predicted octanol–water partition coefficient (Wildman–Crippen LogP) is 3.94. The second-order valence-electron chi connectivity index (χ2n) is 7.19. The molecule has 3 rings (SSSR count). The van der Waals surface area contributed by atoms with Gasteiger partial charge in [-0.25, -0.2) is 0 Å². The van der Waals surface area contributed by atoms with E-state index in [2.05, 4.69) is 58.0 Å². The van der Waals surface area contributed by atoms with E-state index in [1.54, 1.807) is 0 Å². The molecule has 0 N–H and O–H groups in total. The van der Waals surface area contributed by atoms with Crippen molar-refractivity contribution in [2.24, 2.45) is 0 Å². The van der Waals surface area contributed by atoms with Crippen LogP contribution >= 0.6 is 0 Å². The minimum absolute atomic E-state index is 0.265. The fourth-order valence-electron chi connectivity index (χ4n) is 2.96. The maximum atomic E-state index is 6.15. The molecule has 1 aromatic carbocycles. The second-order valence-corrected chi connectivity index (χ2v) is 7.19. The molecule has 2 nitrogen and oxygen atoms in total. The number of benzene rings is 1. The molecule has 112 valence electrons. The van der Waals surface area contributed by atoms with Crippen molar-refractivity contribution in [2.45, 2.75) is 64.6 Å². The van der Waals surface area contributed by atoms with Gasteiger partial charge in [-0.3, -0.25) is 0 Å². The van der Waals surface area contributed by atoms with Crippen LogP contribution in [-0.4, -0.2) is 18.3 Å². The van der Waals surface area contributed by atoms with E-state index in [-0.39, 0.29) is 18.3 Å². The lowest BCUT2D eigenvalue weighted by Gasteiger charge is -2.32. The minimum atomic E-state index is -0.280. The third kappa shape index (κ3) is 2.82. The minimum Gasteiger partial charge on any atom is -0.399 e. The third-order valence-electron chi connectivity index (χ3n) is 5.07. The topological polar surface area (TPSA) is 18.5 Å². The molecule has 1 aromatic rings. The van der Waals surface area contributed by atoms with Crippen molar-refractivity contribution in [2.75, 3.05) is 0 Å². The summed E-state index contributed by atoms with van der Waals surface area (Å²) >= 11 is 0. The molecular weight excluding hydrogens is 259 g/mol. The molecule has 1 aliphatic heterocycles. The molecule has 0 unspecified atom stereocenters. The smallest absolute Gasteiger partial charge is 0.399 e. The molecule has 0 radical (unpaired) electrons. The van der Waals surface area contributed by atoms with Gasteiger partial charge in [-0.15, -0.1) is 0 Å². The van der Waals surface area contributed by atoms with Gasteiger partial charge in [0.1, 0.15) is 0 Å². The Bertz CT molecular complexity index is 544. The average Bonchev–Trinajstić information content (AvgIpc) is 2.69. The van der Waals surface area contributed by atoms with E-state index in [0.717, 1.165) is 5.46 Å². The van der Waals surface area contributed by atoms with Gasteiger partial charge in [0.2, 0.25) is 0 Å². The van der Waals surface area contributed by atoms with Gasteiger partial charge in [-0.05, 0) is 70.0 Å². The average molecular weight is 284 g/mol.